The molecule has 236 valence electrons. The summed E-state index contributed by atoms with van der Waals surface area (Å²) in [6.45, 7) is 5.35. The van der Waals surface area contributed by atoms with Crippen molar-refractivity contribution in [1.29, 1.82) is 0 Å². The van der Waals surface area contributed by atoms with Crippen LogP contribution in [0, 0.1) is 11.6 Å². The number of allylic oxidation sites excluding steroid dienone is 1. The second-order valence-corrected chi connectivity index (χ2v) is 11.9. The number of halogens is 3. The minimum atomic E-state index is -0.975. The summed E-state index contributed by atoms with van der Waals surface area (Å²) in [5.74, 6) is -0.565. The molecule has 1 atom stereocenters. The standard InChI is InChI=1S/C34H34ClF2N3O5/c1-21(14-34(41)42)22-2-6-30-31(16-22)40(18-27-10-13-43-27)33(38-30)19-39-11-8-25(9-12-39)45-26-4-5-28(36)23(15-26)20-44-32-7-3-24(35)17-29(32)37/h2-7,14-17,25,27H,8-13,18-20H2,1H3,(H,41,42)/b21-14+/t27-/m0/s1. The van der Waals surface area contributed by atoms with Crippen LogP contribution in [0.3, 0.4) is 0 Å². The highest BCUT2D eigenvalue weighted by molar-refractivity contribution is 6.30. The number of imidazole rings is 1. The number of aliphatic carboxylic acids is 1. The summed E-state index contributed by atoms with van der Waals surface area (Å²) in [7, 11) is 0. The van der Waals surface area contributed by atoms with Crippen molar-refractivity contribution in [1.82, 2.24) is 14.5 Å². The molecule has 8 nitrogen and oxygen atoms in total. The van der Waals surface area contributed by atoms with Crippen molar-refractivity contribution in [2.75, 3.05) is 19.7 Å². The molecule has 0 aliphatic carbocycles. The number of rotatable bonds is 11. The van der Waals surface area contributed by atoms with E-state index in [-0.39, 0.29) is 35.2 Å². The van der Waals surface area contributed by atoms with Gasteiger partial charge in [0.1, 0.15) is 30.1 Å². The first-order valence-electron chi connectivity index (χ1n) is 15.0. The zero-order valence-electron chi connectivity index (χ0n) is 24.8. The zero-order chi connectivity index (χ0) is 31.5. The van der Waals surface area contributed by atoms with Crippen molar-refractivity contribution in [3.63, 3.8) is 0 Å². The molecule has 6 rings (SSSR count). The maximum atomic E-state index is 14.5. The van der Waals surface area contributed by atoms with Crippen molar-refractivity contribution in [2.45, 2.75) is 58.1 Å². The van der Waals surface area contributed by atoms with E-state index in [1.807, 2.05) is 18.2 Å². The first-order valence-corrected chi connectivity index (χ1v) is 15.4. The Labute approximate surface area is 264 Å². The molecule has 2 aliphatic heterocycles. The van der Waals surface area contributed by atoms with E-state index in [0.29, 0.717) is 24.4 Å². The van der Waals surface area contributed by atoms with Crippen molar-refractivity contribution in [2.24, 2.45) is 0 Å². The maximum absolute atomic E-state index is 14.5. The van der Waals surface area contributed by atoms with E-state index in [0.717, 1.165) is 67.4 Å². The molecule has 0 unspecified atom stereocenters. The average Bonchev–Trinajstić information content (AvgIpc) is 3.32. The predicted octanol–water partition coefficient (Wildman–Crippen LogP) is 6.87. The van der Waals surface area contributed by atoms with Crippen LogP contribution in [-0.2, 0) is 29.2 Å². The molecule has 3 heterocycles. The zero-order valence-corrected chi connectivity index (χ0v) is 25.6. The van der Waals surface area contributed by atoms with Crippen LogP contribution >= 0.6 is 11.6 Å². The highest BCUT2D eigenvalue weighted by Gasteiger charge is 2.26. The third-order valence-electron chi connectivity index (χ3n) is 8.30. The monoisotopic (exact) mass is 637 g/mol. The number of carboxylic acid groups (broad SMARTS) is 1. The summed E-state index contributed by atoms with van der Waals surface area (Å²) >= 11 is 5.80. The number of ether oxygens (including phenoxy) is 3. The van der Waals surface area contributed by atoms with E-state index in [1.54, 1.807) is 19.1 Å². The fourth-order valence-electron chi connectivity index (χ4n) is 5.70. The Hall–Kier alpha value is -3.99. The Kier molecular flexibility index (Phi) is 9.34. The van der Waals surface area contributed by atoms with Crippen LogP contribution in [-0.4, -0.2) is 57.4 Å². The minimum absolute atomic E-state index is 0.00295. The predicted molar refractivity (Wildman–Crippen MR) is 166 cm³/mol. The van der Waals surface area contributed by atoms with Crippen LogP contribution < -0.4 is 9.47 Å². The molecule has 2 fully saturated rings. The Morgan fingerprint density at radius 1 is 1.09 bits per heavy atom. The SMILES string of the molecule is C/C(=C\C(=O)O)c1ccc2nc(CN3CCC(Oc4ccc(F)c(COc5ccc(Cl)cc5F)c4)CC3)n(C[C@@H]3CCO3)c2c1. The Morgan fingerprint density at radius 3 is 2.60 bits per heavy atom. The summed E-state index contributed by atoms with van der Waals surface area (Å²) in [4.78, 5) is 18.5. The van der Waals surface area contributed by atoms with Crippen molar-refractivity contribution in [3.05, 3.63) is 94.3 Å². The van der Waals surface area contributed by atoms with Crippen LogP contribution in [0.25, 0.3) is 16.6 Å². The number of likely N-dealkylation sites (tertiary alicyclic amines) is 1. The van der Waals surface area contributed by atoms with Gasteiger partial charge in [-0.2, -0.15) is 0 Å². The number of hydrogen-bond acceptors (Lipinski definition) is 6. The summed E-state index contributed by atoms with van der Waals surface area (Å²) in [5, 5.41) is 9.45. The quantitative estimate of drug-likeness (QED) is 0.180. The van der Waals surface area contributed by atoms with E-state index in [2.05, 4.69) is 9.47 Å². The summed E-state index contributed by atoms with van der Waals surface area (Å²) in [6.07, 6.45) is 3.88. The lowest BCUT2D eigenvalue weighted by Gasteiger charge is -2.32. The molecule has 0 bridgehead atoms. The molecule has 2 saturated heterocycles. The van der Waals surface area contributed by atoms with E-state index >= 15 is 0 Å². The van der Waals surface area contributed by atoms with Crippen LogP contribution in [0.1, 0.15) is 43.1 Å². The third-order valence-corrected chi connectivity index (χ3v) is 8.53. The van der Waals surface area contributed by atoms with Gasteiger partial charge in [-0.05, 0) is 85.9 Å². The van der Waals surface area contributed by atoms with E-state index in [4.69, 9.17) is 30.8 Å². The summed E-state index contributed by atoms with van der Waals surface area (Å²) < 4.78 is 48.3. The largest absolute Gasteiger partial charge is 0.490 e. The molecule has 2 aliphatic rings. The molecule has 3 aromatic carbocycles. The van der Waals surface area contributed by atoms with Gasteiger partial charge in [0.05, 0.1) is 30.2 Å². The van der Waals surface area contributed by atoms with Gasteiger partial charge in [0, 0.05) is 36.4 Å². The number of hydrogen-bond donors (Lipinski definition) is 1. The van der Waals surface area contributed by atoms with Crippen molar-refractivity contribution in [3.8, 4) is 11.5 Å². The first-order chi connectivity index (χ1) is 21.7. The minimum Gasteiger partial charge on any atom is -0.490 e. The lowest BCUT2D eigenvalue weighted by molar-refractivity contribution is -0.131. The van der Waals surface area contributed by atoms with E-state index in [9.17, 15) is 18.7 Å². The molecule has 1 aromatic heterocycles. The molecule has 0 radical (unpaired) electrons. The van der Waals surface area contributed by atoms with Gasteiger partial charge < -0.3 is 23.9 Å². The molecule has 0 spiro atoms. The van der Waals surface area contributed by atoms with Gasteiger partial charge in [0.25, 0.3) is 0 Å². The van der Waals surface area contributed by atoms with Gasteiger partial charge in [-0.15, -0.1) is 0 Å². The average molecular weight is 638 g/mol. The van der Waals surface area contributed by atoms with Gasteiger partial charge in [-0.25, -0.2) is 18.6 Å². The highest BCUT2D eigenvalue weighted by atomic mass is 35.5. The Balaban J connectivity index is 1.09. The number of nitrogens with zero attached hydrogens (tertiary/aromatic N) is 3. The molecule has 0 saturated carbocycles. The molecule has 0 amide bonds. The molecular formula is C34H34ClF2N3O5. The smallest absolute Gasteiger partial charge is 0.328 e. The number of piperidine rings is 1. The molecular weight excluding hydrogens is 604 g/mol. The maximum Gasteiger partial charge on any atom is 0.328 e. The number of fused-ring (bicyclic) bond motifs is 1. The molecule has 11 heteroatoms. The van der Waals surface area contributed by atoms with E-state index in [1.165, 1.54) is 24.3 Å². The van der Waals surface area contributed by atoms with Crippen molar-refractivity contribution < 1.29 is 32.9 Å². The fourth-order valence-corrected chi connectivity index (χ4v) is 5.86. The normalized spacial score (nSPS) is 17.8. The molecule has 4 aromatic rings. The van der Waals surface area contributed by atoms with E-state index < -0.39 is 17.6 Å². The van der Waals surface area contributed by atoms with Crippen LogP contribution in [0.5, 0.6) is 11.5 Å². The van der Waals surface area contributed by atoms with Crippen LogP contribution in [0.2, 0.25) is 5.02 Å². The fraction of sp³-hybridized carbons (Fsp3) is 0.353. The van der Waals surface area contributed by atoms with Gasteiger partial charge in [-0.1, -0.05) is 17.7 Å². The summed E-state index contributed by atoms with van der Waals surface area (Å²) in [6, 6.07) is 14.5. The number of carboxylic acids is 1. The van der Waals surface area contributed by atoms with Crippen LogP contribution in [0.4, 0.5) is 8.78 Å². The topological polar surface area (TPSA) is 86.0 Å². The van der Waals surface area contributed by atoms with Gasteiger partial charge in [0.15, 0.2) is 11.6 Å². The van der Waals surface area contributed by atoms with Gasteiger partial charge >= 0.3 is 5.97 Å². The van der Waals surface area contributed by atoms with Gasteiger partial charge in [-0.3, -0.25) is 4.90 Å². The lowest BCUT2D eigenvalue weighted by Crippen LogP contribution is -2.39. The first kappa shape index (κ1) is 31.0. The lowest BCUT2D eigenvalue weighted by atomic mass is 10.1. The Morgan fingerprint density at radius 2 is 1.89 bits per heavy atom. The number of carbonyl (C=O) groups is 1. The second-order valence-electron chi connectivity index (χ2n) is 11.5. The highest BCUT2D eigenvalue weighted by Crippen LogP contribution is 2.28. The van der Waals surface area contributed by atoms with Crippen molar-refractivity contribution >= 4 is 34.2 Å². The molecule has 1 N–H and O–H groups in total. The van der Waals surface area contributed by atoms with Crippen LogP contribution in [0.15, 0.2) is 60.7 Å². The number of aromatic nitrogens is 2. The third kappa shape index (κ3) is 7.46. The molecule has 45 heavy (non-hydrogen) atoms. The second kappa shape index (κ2) is 13.6. The summed E-state index contributed by atoms with van der Waals surface area (Å²) in [5.41, 5.74) is 3.62. The van der Waals surface area contributed by atoms with Gasteiger partial charge in [0.2, 0.25) is 0 Å². The Bertz CT molecular complexity index is 1730. The number of benzene rings is 3.